The van der Waals surface area contributed by atoms with E-state index in [-0.39, 0.29) is 62.4 Å². The van der Waals surface area contributed by atoms with Gasteiger partial charge in [0.2, 0.25) is 0 Å². The number of nitrogens with zero attached hydrogens (tertiary/aromatic N) is 2. The molecule has 0 aromatic carbocycles. The first kappa shape index (κ1) is 13.9. The fourth-order valence-corrected chi connectivity index (χ4v) is 0.955. The molecule has 1 heterocycles. The third-order valence-corrected chi connectivity index (χ3v) is 1.36. The van der Waals surface area contributed by atoms with Crippen molar-refractivity contribution < 1.29 is 64.3 Å². The third-order valence-electron chi connectivity index (χ3n) is 1.16. The predicted molar refractivity (Wildman–Crippen MR) is 40.5 cm³/mol. The average Bonchev–Trinajstić information content (AvgIpc) is 1.82. The maximum absolute atomic E-state index is 12.1. The van der Waals surface area contributed by atoms with Gasteiger partial charge in [-0.2, -0.15) is 0 Å². The van der Waals surface area contributed by atoms with Gasteiger partial charge in [-0.15, -0.1) is 0 Å². The molecular weight excluding hydrogens is 230 g/mol. The molecule has 0 aliphatic heterocycles. The van der Waals surface area contributed by atoms with Crippen LogP contribution in [0.5, 0.6) is 0 Å². The van der Waals surface area contributed by atoms with Gasteiger partial charge in [0.15, 0.2) is 0 Å². The molecule has 0 saturated carbocycles. The molecule has 1 aromatic rings. The molecule has 0 spiro atoms. The monoisotopic (exact) mass is 234 g/mol. The van der Waals surface area contributed by atoms with Crippen LogP contribution in [0.3, 0.4) is 0 Å². The molecule has 1 aromatic heterocycles. The Bertz CT molecular complexity index is 286. The Morgan fingerprint density at radius 1 is 1.31 bits per heavy atom. The van der Waals surface area contributed by atoms with Gasteiger partial charge < -0.3 is 12.9 Å². The van der Waals surface area contributed by atoms with Crippen LogP contribution in [0.15, 0.2) is 6.07 Å². The van der Waals surface area contributed by atoms with E-state index in [2.05, 4.69) is 9.97 Å². The topological polar surface area (TPSA) is 25.8 Å². The first-order valence-corrected chi connectivity index (χ1v) is 3.48. The summed E-state index contributed by atoms with van der Waals surface area (Å²) in [4.78, 5) is 6.72. The molecule has 0 saturated heterocycles. The number of aromatic nitrogens is 2. The van der Waals surface area contributed by atoms with Crippen molar-refractivity contribution in [3.05, 3.63) is 17.0 Å². The Kier molecular flexibility index (Phi) is 5.42. The molecule has 13 heavy (non-hydrogen) atoms. The van der Waals surface area contributed by atoms with E-state index in [0.717, 1.165) is 0 Å². The SMILES string of the molecule is Cc1nc(Cl)cc([B-](F)(F)F)n1.[K+]. The summed E-state index contributed by atoms with van der Waals surface area (Å²) in [7, 11) is 0. The van der Waals surface area contributed by atoms with E-state index in [1.54, 1.807) is 0 Å². The Morgan fingerprint density at radius 3 is 2.23 bits per heavy atom. The summed E-state index contributed by atoms with van der Waals surface area (Å²) in [6.45, 7) is -3.72. The van der Waals surface area contributed by atoms with Crippen LogP contribution in [-0.2, 0) is 0 Å². The molecule has 0 aliphatic rings. The van der Waals surface area contributed by atoms with Crippen LogP contribution in [0.4, 0.5) is 12.9 Å². The smallest absolute Gasteiger partial charge is 0.444 e. The van der Waals surface area contributed by atoms with E-state index in [1.165, 1.54) is 6.92 Å². The van der Waals surface area contributed by atoms with Crippen molar-refractivity contribution in [2.45, 2.75) is 6.92 Å². The van der Waals surface area contributed by atoms with Crippen molar-refractivity contribution in [2.24, 2.45) is 0 Å². The van der Waals surface area contributed by atoms with Gasteiger partial charge in [-0.1, -0.05) is 11.6 Å². The van der Waals surface area contributed by atoms with Gasteiger partial charge in [0, 0.05) is 0 Å². The van der Waals surface area contributed by atoms with Gasteiger partial charge in [0.05, 0.1) is 0 Å². The van der Waals surface area contributed by atoms with Crippen molar-refractivity contribution >= 4 is 24.2 Å². The minimum atomic E-state index is -5.08. The molecule has 66 valence electrons. The molecule has 0 fully saturated rings. The summed E-state index contributed by atoms with van der Waals surface area (Å²) in [5.74, 6) is 0.0247. The largest absolute Gasteiger partial charge is 1.00 e. The molecule has 8 heteroatoms. The standard InChI is InChI=1S/C5H4BClF3N2.K/c1-3-11-4(6(8,9)10)2-5(7)12-3;/h2H,1H3;/q-1;+1. The van der Waals surface area contributed by atoms with Crippen molar-refractivity contribution in [1.29, 1.82) is 0 Å². The van der Waals surface area contributed by atoms with E-state index >= 15 is 0 Å². The molecule has 1 rings (SSSR count). The van der Waals surface area contributed by atoms with Crippen molar-refractivity contribution in [1.82, 2.24) is 9.97 Å². The van der Waals surface area contributed by atoms with Crippen molar-refractivity contribution in [2.75, 3.05) is 0 Å². The minimum absolute atomic E-state index is 0. The Hall–Kier alpha value is 0.861. The first-order valence-electron chi connectivity index (χ1n) is 3.10. The van der Waals surface area contributed by atoms with Crippen LogP contribution in [0, 0.1) is 6.92 Å². The Balaban J connectivity index is 0.00000144. The van der Waals surface area contributed by atoms with E-state index in [1.807, 2.05) is 0 Å². The second-order valence-electron chi connectivity index (χ2n) is 2.24. The van der Waals surface area contributed by atoms with Gasteiger partial charge in [0.25, 0.3) is 0 Å². The number of halogens is 4. The fourth-order valence-electron chi connectivity index (χ4n) is 0.721. The molecule has 0 radical (unpaired) electrons. The summed E-state index contributed by atoms with van der Waals surface area (Å²) in [5, 5.41) is -0.184. The quantitative estimate of drug-likeness (QED) is 0.436. The maximum atomic E-state index is 12.1. The second kappa shape index (κ2) is 5.09. The van der Waals surface area contributed by atoms with E-state index in [4.69, 9.17) is 11.6 Å². The van der Waals surface area contributed by atoms with E-state index < -0.39 is 12.6 Å². The summed E-state index contributed by atoms with van der Waals surface area (Å²) >= 11 is 5.32. The number of hydrogen-bond acceptors (Lipinski definition) is 2. The van der Waals surface area contributed by atoms with Gasteiger partial charge in [-0.05, 0) is 18.6 Å². The zero-order valence-corrected chi connectivity index (χ0v) is 10.9. The Labute approximate surface area is 121 Å². The molecule has 0 atom stereocenters. The number of hydrogen-bond donors (Lipinski definition) is 0. The summed E-state index contributed by atoms with van der Waals surface area (Å²) < 4.78 is 36.2. The fraction of sp³-hybridized carbons (Fsp3) is 0.200. The van der Waals surface area contributed by atoms with Crippen molar-refractivity contribution in [3.63, 3.8) is 0 Å². The third kappa shape index (κ3) is 4.26. The van der Waals surface area contributed by atoms with Crippen LogP contribution in [-0.4, -0.2) is 16.9 Å². The second-order valence-corrected chi connectivity index (χ2v) is 2.62. The zero-order chi connectivity index (χ0) is 9.35. The molecule has 0 unspecified atom stereocenters. The zero-order valence-electron chi connectivity index (χ0n) is 7.06. The molecule has 0 amide bonds. The van der Waals surface area contributed by atoms with E-state index in [0.29, 0.717) is 6.07 Å². The average molecular weight is 234 g/mol. The summed E-state index contributed by atoms with van der Waals surface area (Å²) in [5.41, 5.74) is -0.951. The Morgan fingerprint density at radius 2 is 1.85 bits per heavy atom. The van der Waals surface area contributed by atoms with Gasteiger partial charge in [0.1, 0.15) is 11.0 Å². The normalized spacial score (nSPS) is 10.8. The van der Waals surface area contributed by atoms with Crippen LogP contribution in [0.25, 0.3) is 0 Å². The molecule has 0 N–H and O–H groups in total. The molecule has 2 nitrogen and oxygen atoms in total. The molecular formula is C5H4BClF3KN2. The van der Waals surface area contributed by atoms with Crippen molar-refractivity contribution in [3.8, 4) is 0 Å². The van der Waals surface area contributed by atoms with Crippen LogP contribution in [0.2, 0.25) is 5.15 Å². The molecule has 0 bridgehead atoms. The van der Waals surface area contributed by atoms with Crippen LogP contribution < -0.4 is 57.0 Å². The van der Waals surface area contributed by atoms with Crippen LogP contribution in [0.1, 0.15) is 5.82 Å². The maximum Gasteiger partial charge on any atom is 1.00 e. The number of rotatable bonds is 1. The summed E-state index contributed by atoms with van der Waals surface area (Å²) in [6.07, 6.45) is 0. The number of aryl methyl sites for hydroxylation is 1. The minimum Gasteiger partial charge on any atom is -0.444 e. The van der Waals surface area contributed by atoms with E-state index in [9.17, 15) is 12.9 Å². The van der Waals surface area contributed by atoms with Gasteiger partial charge in [-0.25, -0.2) is 4.98 Å². The van der Waals surface area contributed by atoms with Crippen LogP contribution >= 0.6 is 11.6 Å². The van der Waals surface area contributed by atoms with Gasteiger partial charge in [-0.3, -0.25) is 4.98 Å². The molecule has 0 aliphatic carbocycles. The predicted octanol–water partition coefficient (Wildman–Crippen LogP) is -1.50. The first-order chi connectivity index (χ1) is 5.39. The summed E-state index contributed by atoms with van der Waals surface area (Å²) in [6, 6.07) is 0.717. The van der Waals surface area contributed by atoms with Gasteiger partial charge >= 0.3 is 58.4 Å².